The van der Waals surface area contributed by atoms with Crippen LogP contribution in [0.3, 0.4) is 0 Å². The second-order valence-electron chi connectivity index (χ2n) is 8.13. The maximum Gasteiger partial charge on any atom is 0.345 e. The van der Waals surface area contributed by atoms with Crippen molar-refractivity contribution in [3.05, 3.63) is 64.7 Å². The highest BCUT2D eigenvalue weighted by Gasteiger charge is 2.09. The molecule has 0 radical (unpaired) electrons. The van der Waals surface area contributed by atoms with Gasteiger partial charge in [-0.25, -0.2) is 4.79 Å². The highest BCUT2D eigenvalue weighted by molar-refractivity contribution is 6.30. The Morgan fingerprint density at radius 3 is 2.00 bits per heavy atom. The smallest absolute Gasteiger partial charge is 0.345 e. The molecule has 0 saturated carbocycles. The van der Waals surface area contributed by atoms with Gasteiger partial charge >= 0.3 is 11.9 Å². The van der Waals surface area contributed by atoms with Gasteiger partial charge in [-0.15, -0.1) is 0 Å². The topological polar surface area (TPSA) is 55.4 Å². The third-order valence-corrected chi connectivity index (χ3v) is 5.49. The van der Waals surface area contributed by atoms with Gasteiger partial charge in [0.05, 0.1) is 5.56 Å². The van der Waals surface area contributed by atoms with Gasteiger partial charge in [0.25, 0.3) is 0 Å². The van der Waals surface area contributed by atoms with Crippen LogP contribution in [0.1, 0.15) is 87.1 Å². The van der Waals surface area contributed by atoms with Crippen LogP contribution in [0.2, 0.25) is 5.02 Å². The standard InChI is InChI=1S/C28H34ClNO3/c1-23(31)33-28(32)25-16-20-27(21-17-25)30-22-12-10-8-6-4-2-3-5-7-9-11-13-24-14-18-26(29)19-15-24/h14-21,30H,2-10,12,22H2,1H3. The summed E-state index contributed by atoms with van der Waals surface area (Å²) < 4.78 is 4.57. The first-order valence-electron chi connectivity index (χ1n) is 11.9. The molecule has 0 aromatic heterocycles. The summed E-state index contributed by atoms with van der Waals surface area (Å²) >= 11 is 5.87. The lowest BCUT2D eigenvalue weighted by atomic mass is 10.1. The van der Waals surface area contributed by atoms with Crippen LogP contribution in [0.25, 0.3) is 0 Å². The van der Waals surface area contributed by atoms with E-state index in [1.165, 1.54) is 58.3 Å². The number of benzene rings is 2. The molecule has 2 rings (SSSR count). The van der Waals surface area contributed by atoms with E-state index >= 15 is 0 Å². The lowest BCUT2D eigenvalue weighted by Crippen LogP contribution is -2.09. The highest BCUT2D eigenvalue weighted by atomic mass is 35.5. The van der Waals surface area contributed by atoms with Gasteiger partial charge in [-0.1, -0.05) is 68.4 Å². The summed E-state index contributed by atoms with van der Waals surface area (Å²) in [5.74, 6) is 5.22. The van der Waals surface area contributed by atoms with E-state index in [0.717, 1.165) is 35.7 Å². The van der Waals surface area contributed by atoms with Crippen LogP contribution >= 0.6 is 11.6 Å². The molecule has 4 nitrogen and oxygen atoms in total. The second kappa shape index (κ2) is 15.9. The molecule has 0 bridgehead atoms. The molecular weight excluding hydrogens is 434 g/mol. The molecule has 0 unspecified atom stereocenters. The Morgan fingerprint density at radius 2 is 1.39 bits per heavy atom. The van der Waals surface area contributed by atoms with E-state index in [2.05, 4.69) is 21.9 Å². The van der Waals surface area contributed by atoms with E-state index in [1.807, 2.05) is 36.4 Å². The molecule has 0 fully saturated rings. The maximum absolute atomic E-state index is 11.6. The van der Waals surface area contributed by atoms with Crippen molar-refractivity contribution in [2.24, 2.45) is 0 Å². The fourth-order valence-corrected chi connectivity index (χ4v) is 3.55. The van der Waals surface area contributed by atoms with Gasteiger partial charge in [-0.3, -0.25) is 4.79 Å². The van der Waals surface area contributed by atoms with Crippen LogP contribution < -0.4 is 5.32 Å². The molecule has 0 saturated heterocycles. The number of anilines is 1. The van der Waals surface area contributed by atoms with Crippen LogP contribution in [0, 0.1) is 11.8 Å². The molecular formula is C28H34ClNO3. The lowest BCUT2D eigenvalue weighted by Gasteiger charge is -2.07. The summed E-state index contributed by atoms with van der Waals surface area (Å²) in [6, 6.07) is 14.7. The van der Waals surface area contributed by atoms with E-state index in [1.54, 1.807) is 12.1 Å². The molecule has 5 heteroatoms. The third kappa shape index (κ3) is 12.2. The summed E-state index contributed by atoms with van der Waals surface area (Å²) in [5, 5.41) is 4.11. The van der Waals surface area contributed by atoms with E-state index in [0.29, 0.717) is 5.56 Å². The number of ether oxygens (including phenoxy) is 1. The van der Waals surface area contributed by atoms with Gasteiger partial charge in [-0.2, -0.15) is 0 Å². The normalized spacial score (nSPS) is 10.2. The summed E-state index contributed by atoms with van der Waals surface area (Å²) in [4.78, 5) is 22.5. The molecule has 0 aliphatic carbocycles. The number of unbranched alkanes of at least 4 members (excludes halogenated alkanes) is 9. The Labute approximate surface area is 203 Å². The molecule has 0 heterocycles. The average Bonchev–Trinajstić information content (AvgIpc) is 2.80. The molecule has 0 aliphatic heterocycles. The zero-order valence-corrected chi connectivity index (χ0v) is 20.3. The van der Waals surface area contributed by atoms with Crippen molar-refractivity contribution in [2.45, 2.75) is 71.1 Å². The number of carbonyl (C=O) groups excluding carboxylic acids is 2. The SMILES string of the molecule is CC(=O)OC(=O)c1ccc(NCCCCCCCCCCCC#Cc2ccc(Cl)cc2)cc1. The van der Waals surface area contributed by atoms with Crippen molar-refractivity contribution < 1.29 is 14.3 Å². The van der Waals surface area contributed by atoms with Gasteiger partial charge in [-0.05, 0) is 61.4 Å². The molecule has 2 aromatic carbocycles. The van der Waals surface area contributed by atoms with Gasteiger partial charge in [0.2, 0.25) is 0 Å². The summed E-state index contributed by atoms with van der Waals surface area (Å²) in [6.45, 7) is 2.13. The van der Waals surface area contributed by atoms with E-state index in [4.69, 9.17) is 11.6 Å². The summed E-state index contributed by atoms with van der Waals surface area (Å²) in [7, 11) is 0. The molecule has 33 heavy (non-hydrogen) atoms. The van der Waals surface area contributed by atoms with Crippen LogP contribution in [0.15, 0.2) is 48.5 Å². The van der Waals surface area contributed by atoms with Crippen molar-refractivity contribution in [1.29, 1.82) is 0 Å². The fraction of sp³-hybridized carbons (Fsp3) is 0.429. The number of esters is 2. The Hall–Kier alpha value is -2.77. The minimum absolute atomic E-state index is 0.376. The minimum Gasteiger partial charge on any atom is -0.390 e. The molecule has 0 spiro atoms. The van der Waals surface area contributed by atoms with Crippen molar-refractivity contribution in [3.8, 4) is 11.8 Å². The van der Waals surface area contributed by atoms with Gasteiger partial charge in [0.15, 0.2) is 0 Å². The molecule has 0 aliphatic rings. The second-order valence-corrected chi connectivity index (χ2v) is 8.56. The van der Waals surface area contributed by atoms with Crippen LogP contribution in [-0.4, -0.2) is 18.5 Å². The predicted octanol–water partition coefficient (Wildman–Crippen LogP) is 7.41. The van der Waals surface area contributed by atoms with Crippen molar-refractivity contribution in [3.63, 3.8) is 0 Å². The molecule has 1 N–H and O–H groups in total. The summed E-state index contributed by atoms with van der Waals surface area (Å²) in [6.07, 6.45) is 12.2. The Bertz CT molecular complexity index is 911. The number of rotatable bonds is 13. The number of hydrogen-bond donors (Lipinski definition) is 1. The van der Waals surface area contributed by atoms with E-state index in [-0.39, 0.29) is 0 Å². The van der Waals surface area contributed by atoms with E-state index < -0.39 is 11.9 Å². The molecule has 176 valence electrons. The maximum atomic E-state index is 11.6. The number of hydrogen-bond acceptors (Lipinski definition) is 4. The number of halogens is 1. The Kier molecular flexibility index (Phi) is 12.8. The molecule has 0 atom stereocenters. The molecule has 2 aromatic rings. The van der Waals surface area contributed by atoms with Gasteiger partial charge in [0, 0.05) is 36.2 Å². The van der Waals surface area contributed by atoms with Crippen molar-refractivity contribution in [2.75, 3.05) is 11.9 Å². The Balaban J connectivity index is 1.40. The Morgan fingerprint density at radius 1 is 0.818 bits per heavy atom. The largest absolute Gasteiger partial charge is 0.390 e. The zero-order chi connectivity index (χ0) is 23.7. The van der Waals surface area contributed by atoms with Crippen molar-refractivity contribution in [1.82, 2.24) is 0 Å². The number of nitrogens with one attached hydrogen (secondary N) is 1. The summed E-state index contributed by atoms with van der Waals surface area (Å²) in [5.41, 5.74) is 2.37. The predicted molar refractivity (Wildman–Crippen MR) is 136 cm³/mol. The van der Waals surface area contributed by atoms with Gasteiger partial charge < -0.3 is 10.1 Å². The minimum atomic E-state index is -0.614. The fourth-order valence-electron chi connectivity index (χ4n) is 3.42. The first-order chi connectivity index (χ1) is 16.0. The zero-order valence-electron chi connectivity index (χ0n) is 19.5. The lowest BCUT2D eigenvalue weighted by molar-refractivity contribution is -0.135. The van der Waals surface area contributed by atoms with E-state index in [9.17, 15) is 9.59 Å². The monoisotopic (exact) mass is 467 g/mol. The van der Waals surface area contributed by atoms with Crippen LogP contribution in [0.4, 0.5) is 5.69 Å². The first-order valence-corrected chi connectivity index (χ1v) is 12.2. The van der Waals surface area contributed by atoms with Crippen molar-refractivity contribution >= 4 is 29.2 Å². The molecule has 0 amide bonds. The average molecular weight is 468 g/mol. The van der Waals surface area contributed by atoms with Gasteiger partial charge in [0.1, 0.15) is 0 Å². The highest BCUT2D eigenvalue weighted by Crippen LogP contribution is 2.13. The van der Waals surface area contributed by atoms with Crippen LogP contribution in [-0.2, 0) is 9.53 Å². The van der Waals surface area contributed by atoms with Crippen LogP contribution in [0.5, 0.6) is 0 Å². The number of carbonyl (C=O) groups is 2. The quantitative estimate of drug-likeness (QED) is 0.144. The third-order valence-electron chi connectivity index (χ3n) is 5.24. The first kappa shape index (κ1) is 26.5.